The molecule has 0 fully saturated rings. The van der Waals surface area contributed by atoms with E-state index in [2.05, 4.69) is 22.9 Å². The largest absolute Gasteiger partial charge is 0.444 e. The molecule has 18 heavy (non-hydrogen) atoms. The van der Waals surface area contributed by atoms with Crippen molar-refractivity contribution >= 4 is 23.0 Å². The Hall–Kier alpha value is -1.29. The number of nitrogens with zero attached hydrogens (tertiary/aromatic N) is 1. The van der Waals surface area contributed by atoms with Gasteiger partial charge < -0.3 is 9.64 Å². The molecule has 0 aliphatic carbocycles. The molecule has 3 nitrogen and oxygen atoms in total. The first kappa shape index (κ1) is 13.1. The number of carbonyl (C=O) groups is 1. The van der Waals surface area contributed by atoms with Crippen molar-refractivity contribution in [2.45, 2.75) is 32.8 Å². The number of carbonyl (C=O) groups excluding carboxylic acids is 1. The van der Waals surface area contributed by atoms with Crippen molar-refractivity contribution in [3.05, 3.63) is 28.5 Å². The van der Waals surface area contributed by atoms with Crippen LogP contribution in [-0.4, -0.2) is 29.7 Å². The van der Waals surface area contributed by atoms with Crippen LogP contribution in [0.15, 0.2) is 22.9 Å². The van der Waals surface area contributed by atoms with E-state index in [1.165, 1.54) is 11.1 Å². The Kier molecular flexibility index (Phi) is 3.76. The van der Waals surface area contributed by atoms with Crippen LogP contribution in [0.5, 0.6) is 0 Å². The normalized spacial score (nSPS) is 16.4. The third-order valence-electron chi connectivity index (χ3n) is 2.75. The molecule has 0 atom stereocenters. The highest BCUT2D eigenvalue weighted by Gasteiger charge is 2.23. The molecular formula is C14H19NO2S. The van der Waals surface area contributed by atoms with E-state index >= 15 is 0 Å². The lowest BCUT2D eigenvalue weighted by Gasteiger charge is -2.29. The SMILES string of the molecule is CC(C)(C)OC(=O)N1CC=C(c2ccsc2)CC1. The van der Waals surface area contributed by atoms with Crippen LogP contribution >= 0.6 is 11.3 Å². The summed E-state index contributed by atoms with van der Waals surface area (Å²) in [7, 11) is 0. The summed E-state index contributed by atoms with van der Waals surface area (Å²) in [5.41, 5.74) is 2.19. The average Bonchev–Trinajstić information content (AvgIpc) is 2.80. The summed E-state index contributed by atoms with van der Waals surface area (Å²) < 4.78 is 5.36. The first-order chi connectivity index (χ1) is 8.46. The molecule has 1 aliphatic rings. The Morgan fingerprint density at radius 1 is 1.44 bits per heavy atom. The summed E-state index contributed by atoms with van der Waals surface area (Å²) in [5, 5.41) is 4.23. The zero-order chi connectivity index (χ0) is 13.2. The summed E-state index contributed by atoms with van der Waals surface area (Å²) >= 11 is 1.70. The van der Waals surface area contributed by atoms with Gasteiger partial charge >= 0.3 is 6.09 Å². The number of amides is 1. The van der Waals surface area contributed by atoms with Gasteiger partial charge in [0.15, 0.2) is 0 Å². The van der Waals surface area contributed by atoms with Gasteiger partial charge in [-0.1, -0.05) is 6.08 Å². The average molecular weight is 265 g/mol. The maximum Gasteiger partial charge on any atom is 0.410 e. The number of rotatable bonds is 1. The van der Waals surface area contributed by atoms with Crippen molar-refractivity contribution < 1.29 is 9.53 Å². The topological polar surface area (TPSA) is 29.5 Å². The Balaban J connectivity index is 1.96. The molecule has 0 saturated carbocycles. The molecule has 98 valence electrons. The Morgan fingerprint density at radius 2 is 2.22 bits per heavy atom. The van der Waals surface area contributed by atoms with Crippen molar-refractivity contribution in [1.29, 1.82) is 0 Å². The standard InChI is InChI=1S/C14H19NO2S/c1-14(2,3)17-13(16)15-7-4-11(5-8-15)12-6-9-18-10-12/h4,6,9-10H,5,7-8H2,1-3H3. The van der Waals surface area contributed by atoms with Gasteiger partial charge in [-0.2, -0.15) is 11.3 Å². The van der Waals surface area contributed by atoms with Gasteiger partial charge in [0.25, 0.3) is 0 Å². The molecular weight excluding hydrogens is 246 g/mol. The molecule has 1 aliphatic heterocycles. The molecule has 0 N–H and O–H groups in total. The second kappa shape index (κ2) is 5.14. The minimum Gasteiger partial charge on any atom is -0.444 e. The number of thiophene rings is 1. The summed E-state index contributed by atoms with van der Waals surface area (Å²) in [6.45, 7) is 7.04. The third kappa shape index (κ3) is 3.35. The Labute approximate surface area is 112 Å². The van der Waals surface area contributed by atoms with Crippen LogP contribution in [0.2, 0.25) is 0 Å². The molecule has 1 amide bonds. The molecule has 0 spiro atoms. The summed E-state index contributed by atoms with van der Waals surface area (Å²) in [6.07, 6.45) is 2.80. The summed E-state index contributed by atoms with van der Waals surface area (Å²) in [4.78, 5) is 13.6. The fourth-order valence-corrected chi connectivity index (χ4v) is 2.55. The van der Waals surface area contributed by atoms with Gasteiger partial charge in [0.1, 0.15) is 5.60 Å². The number of ether oxygens (including phenoxy) is 1. The predicted molar refractivity (Wildman–Crippen MR) is 74.7 cm³/mol. The monoisotopic (exact) mass is 265 g/mol. The lowest BCUT2D eigenvalue weighted by atomic mass is 10.0. The fraction of sp³-hybridized carbons (Fsp3) is 0.500. The summed E-state index contributed by atoms with van der Waals surface area (Å²) in [6, 6.07) is 2.12. The van der Waals surface area contributed by atoms with E-state index in [9.17, 15) is 4.79 Å². The molecule has 1 aromatic rings. The highest BCUT2D eigenvalue weighted by atomic mass is 32.1. The van der Waals surface area contributed by atoms with E-state index in [4.69, 9.17) is 4.74 Å². The lowest BCUT2D eigenvalue weighted by molar-refractivity contribution is 0.0270. The van der Waals surface area contributed by atoms with Crippen molar-refractivity contribution in [1.82, 2.24) is 4.90 Å². The highest BCUT2D eigenvalue weighted by molar-refractivity contribution is 7.08. The maximum absolute atomic E-state index is 11.9. The van der Waals surface area contributed by atoms with Crippen LogP contribution in [0.25, 0.3) is 5.57 Å². The van der Waals surface area contributed by atoms with E-state index in [0.717, 1.165) is 13.0 Å². The van der Waals surface area contributed by atoms with Gasteiger partial charge in [-0.25, -0.2) is 4.79 Å². The van der Waals surface area contributed by atoms with Gasteiger partial charge in [-0.15, -0.1) is 0 Å². The molecule has 0 bridgehead atoms. The lowest BCUT2D eigenvalue weighted by Crippen LogP contribution is -2.39. The van der Waals surface area contributed by atoms with Gasteiger partial charge in [0.05, 0.1) is 0 Å². The molecule has 4 heteroatoms. The molecule has 2 rings (SSSR count). The van der Waals surface area contributed by atoms with E-state index in [-0.39, 0.29) is 6.09 Å². The second-order valence-electron chi connectivity index (χ2n) is 5.42. The van der Waals surface area contributed by atoms with Crippen LogP contribution in [0, 0.1) is 0 Å². The van der Waals surface area contributed by atoms with Crippen LogP contribution in [0.4, 0.5) is 4.79 Å². The van der Waals surface area contributed by atoms with Crippen molar-refractivity contribution in [2.24, 2.45) is 0 Å². The zero-order valence-electron chi connectivity index (χ0n) is 11.1. The Morgan fingerprint density at radius 3 is 2.72 bits per heavy atom. The number of hydrogen-bond acceptors (Lipinski definition) is 3. The first-order valence-electron chi connectivity index (χ1n) is 6.15. The van der Waals surface area contributed by atoms with E-state index < -0.39 is 5.60 Å². The smallest absolute Gasteiger partial charge is 0.410 e. The van der Waals surface area contributed by atoms with Gasteiger partial charge in [-0.3, -0.25) is 0 Å². The Bertz CT molecular complexity index is 443. The maximum atomic E-state index is 11.9. The molecule has 1 aromatic heterocycles. The van der Waals surface area contributed by atoms with Crippen LogP contribution in [0.3, 0.4) is 0 Å². The van der Waals surface area contributed by atoms with Gasteiger partial charge in [0, 0.05) is 13.1 Å². The van der Waals surface area contributed by atoms with Crippen molar-refractivity contribution in [3.8, 4) is 0 Å². The van der Waals surface area contributed by atoms with E-state index in [1.807, 2.05) is 20.8 Å². The van der Waals surface area contributed by atoms with E-state index in [1.54, 1.807) is 16.2 Å². The fourth-order valence-electron chi connectivity index (χ4n) is 1.87. The molecule has 2 heterocycles. The van der Waals surface area contributed by atoms with Crippen LogP contribution < -0.4 is 0 Å². The third-order valence-corrected chi connectivity index (χ3v) is 3.44. The van der Waals surface area contributed by atoms with Crippen molar-refractivity contribution in [2.75, 3.05) is 13.1 Å². The highest BCUT2D eigenvalue weighted by Crippen LogP contribution is 2.24. The molecule has 0 aromatic carbocycles. The summed E-state index contributed by atoms with van der Waals surface area (Å²) in [5.74, 6) is 0. The van der Waals surface area contributed by atoms with Crippen LogP contribution in [-0.2, 0) is 4.74 Å². The van der Waals surface area contributed by atoms with Crippen molar-refractivity contribution in [3.63, 3.8) is 0 Å². The van der Waals surface area contributed by atoms with Gasteiger partial charge in [-0.05, 0) is 55.2 Å². The first-order valence-corrected chi connectivity index (χ1v) is 7.09. The van der Waals surface area contributed by atoms with Gasteiger partial charge in [0.2, 0.25) is 0 Å². The number of hydrogen-bond donors (Lipinski definition) is 0. The van der Waals surface area contributed by atoms with E-state index in [0.29, 0.717) is 6.54 Å². The minimum atomic E-state index is -0.422. The molecule has 0 saturated heterocycles. The minimum absolute atomic E-state index is 0.219. The zero-order valence-corrected chi connectivity index (χ0v) is 11.9. The second-order valence-corrected chi connectivity index (χ2v) is 6.20. The quantitative estimate of drug-likeness (QED) is 0.773. The molecule has 0 radical (unpaired) electrons. The molecule has 0 unspecified atom stereocenters. The predicted octanol–water partition coefficient (Wildman–Crippen LogP) is 3.77. The van der Waals surface area contributed by atoms with Crippen LogP contribution in [0.1, 0.15) is 32.8 Å².